The molecular formula is C26H27FN4O2. The summed E-state index contributed by atoms with van der Waals surface area (Å²) in [5.41, 5.74) is 3.50. The fraction of sp³-hybridized carbons (Fsp3) is 0.308. The van der Waals surface area contributed by atoms with Crippen molar-refractivity contribution in [2.45, 2.75) is 45.6 Å². The molecule has 1 saturated heterocycles. The molecule has 0 aliphatic carbocycles. The Morgan fingerprint density at radius 3 is 2.64 bits per heavy atom. The molecule has 1 fully saturated rings. The van der Waals surface area contributed by atoms with Crippen LogP contribution < -0.4 is 5.32 Å². The lowest BCUT2D eigenvalue weighted by molar-refractivity contribution is -0.134. The Kier molecular flexibility index (Phi) is 6.77. The quantitative estimate of drug-likeness (QED) is 0.612. The highest BCUT2D eigenvalue weighted by atomic mass is 19.1. The van der Waals surface area contributed by atoms with Gasteiger partial charge < -0.3 is 10.2 Å². The van der Waals surface area contributed by atoms with E-state index in [2.05, 4.69) is 15.3 Å². The first kappa shape index (κ1) is 22.6. The van der Waals surface area contributed by atoms with Crippen molar-refractivity contribution in [2.75, 3.05) is 11.9 Å². The summed E-state index contributed by atoms with van der Waals surface area (Å²) in [6.45, 7) is 4.44. The number of anilines is 1. The van der Waals surface area contributed by atoms with Crippen LogP contribution in [-0.4, -0.2) is 33.2 Å². The summed E-state index contributed by atoms with van der Waals surface area (Å²) in [7, 11) is 0. The molecule has 170 valence electrons. The van der Waals surface area contributed by atoms with Gasteiger partial charge in [-0.05, 0) is 62.9 Å². The molecule has 0 spiro atoms. The van der Waals surface area contributed by atoms with E-state index in [4.69, 9.17) is 0 Å². The van der Waals surface area contributed by atoms with Crippen LogP contribution in [0.1, 0.15) is 58.3 Å². The first-order valence-electron chi connectivity index (χ1n) is 11.2. The number of hydrogen-bond acceptors (Lipinski definition) is 4. The third-order valence-corrected chi connectivity index (χ3v) is 5.90. The van der Waals surface area contributed by atoms with Gasteiger partial charge in [-0.1, -0.05) is 29.8 Å². The third kappa shape index (κ3) is 5.42. The number of hydrogen-bond donors (Lipinski definition) is 1. The van der Waals surface area contributed by atoms with Gasteiger partial charge in [0.25, 0.3) is 5.91 Å². The molecule has 7 heteroatoms. The second-order valence-corrected chi connectivity index (χ2v) is 8.45. The van der Waals surface area contributed by atoms with Crippen LogP contribution in [0.5, 0.6) is 0 Å². The number of aryl methyl sites for hydroxylation is 2. The van der Waals surface area contributed by atoms with Crippen molar-refractivity contribution in [3.63, 3.8) is 0 Å². The van der Waals surface area contributed by atoms with E-state index in [1.165, 1.54) is 30.5 Å². The predicted octanol–water partition coefficient (Wildman–Crippen LogP) is 4.78. The lowest BCUT2D eigenvalue weighted by atomic mass is 9.99. The first-order valence-corrected chi connectivity index (χ1v) is 11.2. The molecule has 33 heavy (non-hydrogen) atoms. The van der Waals surface area contributed by atoms with Crippen LogP contribution >= 0.6 is 0 Å². The lowest BCUT2D eigenvalue weighted by Crippen LogP contribution is -2.40. The number of halogens is 1. The summed E-state index contributed by atoms with van der Waals surface area (Å²) in [4.78, 5) is 36.7. The molecular weight excluding hydrogens is 419 g/mol. The fourth-order valence-electron chi connectivity index (χ4n) is 4.20. The zero-order valence-electron chi connectivity index (χ0n) is 18.8. The second-order valence-electron chi connectivity index (χ2n) is 8.45. The number of likely N-dealkylation sites (tertiary alicyclic amines) is 1. The summed E-state index contributed by atoms with van der Waals surface area (Å²) in [6.07, 6.45) is 4.59. The maximum absolute atomic E-state index is 13.1. The predicted molar refractivity (Wildman–Crippen MR) is 124 cm³/mol. The minimum Gasteiger partial charge on any atom is -0.332 e. The topological polar surface area (TPSA) is 75.2 Å². The average Bonchev–Trinajstić information content (AvgIpc) is 2.80. The number of carbonyl (C=O) groups excluding carboxylic acids is 2. The van der Waals surface area contributed by atoms with Gasteiger partial charge in [0.15, 0.2) is 5.82 Å². The molecule has 0 unspecified atom stereocenters. The molecule has 2 amide bonds. The molecule has 2 heterocycles. The van der Waals surface area contributed by atoms with Gasteiger partial charge in [-0.15, -0.1) is 0 Å². The normalized spacial score (nSPS) is 15.8. The molecule has 4 rings (SSSR count). The van der Waals surface area contributed by atoms with Crippen LogP contribution in [0.4, 0.5) is 10.1 Å². The van der Waals surface area contributed by atoms with Gasteiger partial charge >= 0.3 is 0 Å². The second kappa shape index (κ2) is 9.90. The zero-order valence-corrected chi connectivity index (χ0v) is 18.8. The Hall–Kier alpha value is -3.61. The van der Waals surface area contributed by atoms with Gasteiger partial charge in [0.2, 0.25) is 5.91 Å². The van der Waals surface area contributed by atoms with E-state index in [0.29, 0.717) is 35.7 Å². The number of nitrogens with zero attached hydrogens (tertiary/aromatic N) is 3. The number of rotatable bonds is 5. The Labute approximate surface area is 192 Å². The van der Waals surface area contributed by atoms with Crippen molar-refractivity contribution < 1.29 is 14.0 Å². The van der Waals surface area contributed by atoms with Crippen molar-refractivity contribution in [1.82, 2.24) is 14.9 Å². The summed E-state index contributed by atoms with van der Waals surface area (Å²) in [5.74, 6) is -0.111. The number of benzene rings is 2. The largest absolute Gasteiger partial charge is 0.332 e. The molecule has 0 saturated carbocycles. The molecule has 1 aliphatic heterocycles. The molecule has 6 nitrogen and oxygen atoms in total. The van der Waals surface area contributed by atoms with E-state index in [9.17, 15) is 14.0 Å². The minimum atomic E-state index is -0.370. The maximum atomic E-state index is 13.1. The van der Waals surface area contributed by atoms with Crippen LogP contribution in [0.3, 0.4) is 0 Å². The number of carbonyl (C=O) groups is 2. The molecule has 1 atom stereocenters. The molecule has 1 aromatic heterocycles. The summed E-state index contributed by atoms with van der Waals surface area (Å²) >= 11 is 0. The fourth-order valence-corrected chi connectivity index (χ4v) is 4.20. The molecule has 3 aromatic rings. The van der Waals surface area contributed by atoms with Crippen LogP contribution in [0.15, 0.2) is 54.7 Å². The van der Waals surface area contributed by atoms with Crippen molar-refractivity contribution >= 4 is 17.5 Å². The average molecular weight is 447 g/mol. The zero-order chi connectivity index (χ0) is 23.4. The summed E-state index contributed by atoms with van der Waals surface area (Å²) in [5, 5.41) is 2.73. The van der Waals surface area contributed by atoms with E-state index in [1.807, 2.05) is 36.1 Å². The van der Waals surface area contributed by atoms with Gasteiger partial charge in [0.1, 0.15) is 5.82 Å². The van der Waals surface area contributed by atoms with Crippen molar-refractivity contribution in [2.24, 2.45) is 0 Å². The Balaban J connectivity index is 1.50. The van der Waals surface area contributed by atoms with E-state index >= 15 is 0 Å². The van der Waals surface area contributed by atoms with Crippen LogP contribution in [0.2, 0.25) is 0 Å². The standard InChI is InChI=1S/C26H27FN4O2/c1-17-6-5-7-19(14-17)15-24(32)31-13-4-3-8-23(31)25-28-16-22(18(2)29-25)26(33)30-21-11-9-20(27)10-12-21/h5-7,9-12,14,16,23H,3-4,8,13,15H2,1-2H3,(H,30,33)/t23-/m1/s1. The van der Waals surface area contributed by atoms with Gasteiger partial charge in [0, 0.05) is 18.4 Å². The molecule has 0 radical (unpaired) electrons. The van der Waals surface area contributed by atoms with E-state index in [-0.39, 0.29) is 23.7 Å². The lowest BCUT2D eigenvalue weighted by Gasteiger charge is -2.35. The van der Waals surface area contributed by atoms with Crippen LogP contribution in [-0.2, 0) is 11.2 Å². The number of nitrogens with one attached hydrogen (secondary N) is 1. The van der Waals surface area contributed by atoms with Crippen LogP contribution in [0.25, 0.3) is 0 Å². The van der Waals surface area contributed by atoms with Crippen molar-refractivity contribution in [3.05, 3.63) is 88.8 Å². The highest BCUT2D eigenvalue weighted by Gasteiger charge is 2.30. The summed E-state index contributed by atoms with van der Waals surface area (Å²) in [6, 6.07) is 13.3. The minimum absolute atomic E-state index is 0.0599. The Bertz CT molecular complexity index is 1160. The Morgan fingerprint density at radius 1 is 1.12 bits per heavy atom. The first-order chi connectivity index (χ1) is 15.9. The van der Waals surface area contributed by atoms with Gasteiger partial charge in [-0.3, -0.25) is 9.59 Å². The van der Waals surface area contributed by atoms with Gasteiger partial charge in [-0.25, -0.2) is 14.4 Å². The molecule has 0 bridgehead atoms. The summed E-state index contributed by atoms with van der Waals surface area (Å²) < 4.78 is 13.1. The van der Waals surface area contributed by atoms with Gasteiger partial charge in [0.05, 0.1) is 23.7 Å². The van der Waals surface area contributed by atoms with Crippen molar-refractivity contribution in [3.8, 4) is 0 Å². The maximum Gasteiger partial charge on any atom is 0.259 e. The van der Waals surface area contributed by atoms with E-state index < -0.39 is 0 Å². The smallest absolute Gasteiger partial charge is 0.259 e. The van der Waals surface area contributed by atoms with Crippen LogP contribution in [0, 0.1) is 19.7 Å². The van der Waals surface area contributed by atoms with Gasteiger partial charge in [-0.2, -0.15) is 0 Å². The number of piperidine rings is 1. The number of amides is 2. The van der Waals surface area contributed by atoms with Crippen molar-refractivity contribution in [1.29, 1.82) is 0 Å². The molecule has 1 N–H and O–H groups in total. The molecule has 2 aromatic carbocycles. The highest BCUT2D eigenvalue weighted by Crippen LogP contribution is 2.30. The monoisotopic (exact) mass is 446 g/mol. The molecule has 1 aliphatic rings. The highest BCUT2D eigenvalue weighted by molar-refractivity contribution is 6.04. The number of aromatic nitrogens is 2. The van der Waals surface area contributed by atoms with E-state index in [0.717, 1.165) is 30.4 Å². The SMILES string of the molecule is Cc1cccc(CC(=O)N2CCCC[C@@H]2c2ncc(C(=O)Nc3ccc(F)cc3)c(C)n2)c1. The third-order valence-electron chi connectivity index (χ3n) is 5.90. The van der Waals surface area contributed by atoms with E-state index in [1.54, 1.807) is 6.92 Å². The Morgan fingerprint density at radius 2 is 1.91 bits per heavy atom.